The van der Waals surface area contributed by atoms with Crippen LogP contribution in [-0.2, 0) is 6.54 Å². The van der Waals surface area contributed by atoms with Gasteiger partial charge in [0.25, 0.3) is 0 Å². The van der Waals surface area contributed by atoms with E-state index in [9.17, 15) is 5.11 Å². The van der Waals surface area contributed by atoms with Crippen LogP contribution in [0.2, 0.25) is 5.02 Å². The molecule has 0 aliphatic carbocycles. The number of anilines is 1. The lowest BCUT2D eigenvalue weighted by molar-refractivity contribution is 0.318. The van der Waals surface area contributed by atoms with Crippen molar-refractivity contribution in [1.29, 1.82) is 0 Å². The van der Waals surface area contributed by atoms with Gasteiger partial charge >= 0.3 is 0 Å². The number of pyridine rings is 1. The predicted molar refractivity (Wildman–Crippen MR) is 75.8 cm³/mol. The highest BCUT2D eigenvalue weighted by Gasteiger charge is 2.04. The van der Waals surface area contributed by atoms with Crippen molar-refractivity contribution in [2.75, 3.05) is 11.9 Å². The Labute approximate surface area is 117 Å². The highest BCUT2D eigenvalue weighted by atomic mass is 35.5. The largest absolute Gasteiger partial charge is 0.504 e. The van der Waals surface area contributed by atoms with Crippen LogP contribution in [0.25, 0.3) is 0 Å². The molecule has 0 radical (unpaired) electrons. The average Bonchev–Trinajstić information content (AvgIpc) is 2.41. The summed E-state index contributed by atoms with van der Waals surface area (Å²) in [6, 6.07) is 6.98. The van der Waals surface area contributed by atoms with Gasteiger partial charge in [0, 0.05) is 12.7 Å². The molecule has 0 bridgehead atoms. The fraction of sp³-hybridized carbons (Fsp3) is 0.214. The van der Waals surface area contributed by atoms with Gasteiger partial charge in [0.15, 0.2) is 11.5 Å². The number of rotatable bonds is 5. The van der Waals surface area contributed by atoms with Crippen LogP contribution in [0.15, 0.2) is 36.7 Å². The summed E-state index contributed by atoms with van der Waals surface area (Å²) in [4.78, 5) is 4.01. The zero-order valence-corrected chi connectivity index (χ0v) is 11.3. The lowest BCUT2D eigenvalue weighted by Crippen LogP contribution is -2.01. The number of hydrogen-bond acceptors (Lipinski definition) is 4. The number of ether oxygens (including phenoxy) is 1. The van der Waals surface area contributed by atoms with Gasteiger partial charge in [-0.1, -0.05) is 17.7 Å². The van der Waals surface area contributed by atoms with E-state index in [0.29, 0.717) is 23.9 Å². The van der Waals surface area contributed by atoms with Crippen LogP contribution in [0, 0.1) is 0 Å². The molecule has 0 saturated heterocycles. The van der Waals surface area contributed by atoms with Gasteiger partial charge in [-0.15, -0.1) is 0 Å². The number of phenolic OH excluding ortho intramolecular Hbond substituents is 1. The van der Waals surface area contributed by atoms with Crippen molar-refractivity contribution in [1.82, 2.24) is 4.98 Å². The van der Waals surface area contributed by atoms with Gasteiger partial charge < -0.3 is 15.2 Å². The Morgan fingerprint density at radius 1 is 1.37 bits per heavy atom. The quantitative estimate of drug-likeness (QED) is 0.879. The van der Waals surface area contributed by atoms with E-state index in [-0.39, 0.29) is 5.75 Å². The van der Waals surface area contributed by atoms with Gasteiger partial charge in [-0.05, 0) is 30.7 Å². The molecule has 2 rings (SSSR count). The Kier molecular flexibility index (Phi) is 4.47. The minimum absolute atomic E-state index is 0.144. The van der Waals surface area contributed by atoms with Crippen LogP contribution >= 0.6 is 11.6 Å². The van der Waals surface area contributed by atoms with Gasteiger partial charge in [0.2, 0.25) is 0 Å². The molecule has 0 aliphatic rings. The third-order valence-electron chi connectivity index (χ3n) is 2.57. The Morgan fingerprint density at radius 2 is 2.21 bits per heavy atom. The molecule has 0 spiro atoms. The van der Waals surface area contributed by atoms with E-state index in [1.807, 2.05) is 13.0 Å². The zero-order valence-electron chi connectivity index (χ0n) is 10.6. The molecule has 1 aromatic heterocycles. The van der Waals surface area contributed by atoms with Crippen LogP contribution in [0.3, 0.4) is 0 Å². The van der Waals surface area contributed by atoms with Gasteiger partial charge in [0.05, 0.1) is 23.5 Å². The number of aromatic hydroxyl groups is 1. The third kappa shape index (κ3) is 3.51. The van der Waals surface area contributed by atoms with E-state index in [4.69, 9.17) is 16.3 Å². The van der Waals surface area contributed by atoms with Crippen molar-refractivity contribution < 1.29 is 9.84 Å². The molecule has 0 saturated carbocycles. The lowest BCUT2D eigenvalue weighted by atomic mass is 10.2. The number of nitrogens with zero attached hydrogens (tertiary/aromatic N) is 1. The number of nitrogens with one attached hydrogen (secondary N) is 1. The van der Waals surface area contributed by atoms with E-state index in [1.165, 1.54) is 0 Å². The molecule has 100 valence electrons. The number of aromatic nitrogens is 1. The summed E-state index contributed by atoms with van der Waals surface area (Å²) in [6.45, 7) is 2.96. The molecular weight excluding hydrogens is 264 g/mol. The van der Waals surface area contributed by atoms with E-state index in [0.717, 1.165) is 11.3 Å². The summed E-state index contributed by atoms with van der Waals surface area (Å²) < 4.78 is 5.34. The highest BCUT2D eigenvalue weighted by Crippen LogP contribution is 2.27. The van der Waals surface area contributed by atoms with Gasteiger partial charge in [-0.2, -0.15) is 0 Å². The molecule has 2 N–H and O–H groups in total. The van der Waals surface area contributed by atoms with Crippen molar-refractivity contribution in [2.45, 2.75) is 13.5 Å². The van der Waals surface area contributed by atoms with Crippen LogP contribution in [-0.4, -0.2) is 16.7 Å². The molecule has 0 amide bonds. The summed E-state index contributed by atoms with van der Waals surface area (Å²) in [7, 11) is 0. The topological polar surface area (TPSA) is 54.4 Å². The molecule has 19 heavy (non-hydrogen) atoms. The van der Waals surface area contributed by atoms with E-state index < -0.39 is 0 Å². The first-order chi connectivity index (χ1) is 9.20. The first kappa shape index (κ1) is 13.5. The number of phenols is 1. The summed E-state index contributed by atoms with van der Waals surface area (Å²) >= 11 is 6.03. The average molecular weight is 279 g/mol. The lowest BCUT2D eigenvalue weighted by Gasteiger charge is -2.10. The smallest absolute Gasteiger partial charge is 0.161 e. The second kappa shape index (κ2) is 6.29. The monoisotopic (exact) mass is 278 g/mol. The fourth-order valence-electron chi connectivity index (χ4n) is 1.64. The Morgan fingerprint density at radius 3 is 2.95 bits per heavy atom. The molecule has 0 aliphatic heterocycles. The first-order valence-electron chi connectivity index (χ1n) is 5.98. The first-order valence-corrected chi connectivity index (χ1v) is 6.36. The van der Waals surface area contributed by atoms with Crippen molar-refractivity contribution in [3.05, 3.63) is 47.2 Å². The SMILES string of the molecule is CCOc1cc(CNc2cnccc2Cl)ccc1O. The highest BCUT2D eigenvalue weighted by molar-refractivity contribution is 6.33. The van der Waals surface area contributed by atoms with Crippen LogP contribution in [0.1, 0.15) is 12.5 Å². The molecule has 5 heteroatoms. The molecular formula is C14H15ClN2O2. The molecule has 2 aromatic rings. The van der Waals surface area contributed by atoms with Crippen molar-refractivity contribution in [3.8, 4) is 11.5 Å². The Hall–Kier alpha value is -1.94. The Bertz CT molecular complexity index is 561. The molecule has 1 aromatic carbocycles. The number of benzene rings is 1. The number of hydrogen-bond donors (Lipinski definition) is 2. The van der Waals surface area contributed by atoms with Crippen molar-refractivity contribution in [2.24, 2.45) is 0 Å². The van der Waals surface area contributed by atoms with Gasteiger partial charge in [0.1, 0.15) is 0 Å². The van der Waals surface area contributed by atoms with E-state index in [1.54, 1.807) is 30.6 Å². The zero-order chi connectivity index (χ0) is 13.7. The maximum Gasteiger partial charge on any atom is 0.161 e. The van der Waals surface area contributed by atoms with Gasteiger partial charge in [-0.3, -0.25) is 4.98 Å². The summed E-state index contributed by atoms with van der Waals surface area (Å²) in [5, 5.41) is 13.4. The van der Waals surface area contributed by atoms with Gasteiger partial charge in [-0.25, -0.2) is 0 Å². The second-order valence-electron chi connectivity index (χ2n) is 3.94. The molecule has 4 nitrogen and oxygen atoms in total. The standard InChI is InChI=1S/C14H15ClN2O2/c1-2-19-14-7-10(3-4-13(14)18)8-17-12-9-16-6-5-11(12)15/h3-7,9,17-18H,2,8H2,1H3. The van der Waals surface area contributed by atoms with Crippen LogP contribution in [0.4, 0.5) is 5.69 Å². The van der Waals surface area contributed by atoms with Crippen molar-refractivity contribution in [3.63, 3.8) is 0 Å². The minimum Gasteiger partial charge on any atom is -0.504 e. The maximum atomic E-state index is 9.62. The fourth-order valence-corrected chi connectivity index (χ4v) is 1.82. The molecule has 0 fully saturated rings. The van der Waals surface area contributed by atoms with E-state index >= 15 is 0 Å². The summed E-state index contributed by atoms with van der Waals surface area (Å²) in [5.41, 5.74) is 1.76. The molecule has 0 unspecified atom stereocenters. The minimum atomic E-state index is 0.144. The summed E-state index contributed by atoms with van der Waals surface area (Å²) in [6.07, 6.45) is 3.31. The normalized spacial score (nSPS) is 10.2. The predicted octanol–water partition coefficient (Wildman–Crippen LogP) is 3.45. The van der Waals surface area contributed by atoms with E-state index in [2.05, 4.69) is 10.3 Å². The number of halogens is 1. The summed E-state index contributed by atoms with van der Waals surface area (Å²) in [5.74, 6) is 0.629. The maximum absolute atomic E-state index is 9.62. The third-order valence-corrected chi connectivity index (χ3v) is 2.90. The Balaban J connectivity index is 2.07. The van der Waals surface area contributed by atoms with Crippen LogP contribution < -0.4 is 10.1 Å². The second-order valence-corrected chi connectivity index (χ2v) is 4.35. The van der Waals surface area contributed by atoms with Crippen LogP contribution in [0.5, 0.6) is 11.5 Å². The molecule has 1 heterocycles. The van der Waals surface area contributed by atoms with Crippen molar-refractivity contribution >= 4 is 17.3 Å². The molecule has 0 atom stereocenters.